The maximum atomic E-state index is 12.8. The molecule has 6 heteroatoms. The van der Waals surface area contributed by atoms with E-state index in [2.05, 4.69) is 5.10 Å². The van der Waals surface area contributed by atoms with E-state index in [1.54, 1.807) is 18.2 Å². The van der Waals surface area contributed by atoms with Gasteiger partial charge < -0.3 is 4.90 Å². The van der Waals surface area contributed by atoms with Gasteiger partial charge in [0, 0.05) is 19.8 Å². The number of hydrogen-bond donors (Lipinski definition) is 0. The number of carbonyl (C=O) groups excluding carboxylic acids is 1. The average molecular weight is 374 g/mol. The molecule has 0 radical (unpaired) electrons. The van der Waals surface area contributed by atoms with Gasteiger partial charge in [0.1, 0.15) is 0 Å². The lowest BCUT2D eigenvalue weighted by molar-refractivity contribution is -0.114. The molecule has 0 aromatic heterocycles. The SMILES string of the molecule is CC1=NN(c2ccc(Cl)c(Cl)c2)C(=O)/C1=C\c1ccc(N(C)C)cc1. The number of halogens is 2. The molecule has 1 amide bonds. The highest BCUT2D eigenvalue weighted by Gasteiger charge is 2.28. The van der Waals surface area contributed by atoms with Gasteiger partial charge in [-0.05, 0) is 48.9 Å². The molecule has 0 unspecified atom stereocenters. The first kappa shape index (κ1) is 17.5. The molecule has 1 aliphatic rings. The van der Waals surface area contributed by atoms with Crippen molar-refractivity contribution in [3.05, 3.63) is 63.6 Å². The van der Waals surface area contributed by atoms with E-state index in [1.807, 2.05) is 56.3 Å². The highest BCUT2D eigenvalue weighted by molar-refractivity contribution is 6.42. The Morgan fingerprint density at radius 1 is 1.04 bits per heavy atom. The quantitative estimate of drug-likeness (QED) is 0.719. The number of carbonyl (C=O) groups is 1. The third-order valence-corrected chi connectivity index (χ3v) is 4.67. The van der Waals surface area contributed by atoms with E-state index in [4.69, 9.17) is 23.2 Å². The minimum Gasteiger partial charge on any atom is -0.378 e. The lowest BCUT2D eigenvalue weighted by Gasteiger charge is -2.13. The molecule has 0 saturated carbocycles. The van der Waals surface area contributed by atoms with Crippen molar-refractivity contribution < 1.29 is 4.79 Å². The van der Waals surface area contributed by atoms with Gasteiger partial charge in [0.05, 0.1) is 27.0 Å². The fourth-order valence-electron chi connectivity index (χ4n) is 2.51. The van der Waals surface area contributed by atoms with Gasteiger partial charge in [-0.3, -0.25) is 4.79 Å². The van der Waals surface area contributed by atoms with E-state index >= 15 is 0 Å². The Kier molecular flexibility index (Phi) is 4.84. The number of benzene rings is 2. The number of rotatable bonds is 3. The summed E-state index contributed by atoms with van der Waals surface area (Å²) in [6.45, 7) is 1.81. The number of anilines is 2. The smallest absolute Gasteiger partial charge is 0.280 e. The molecule has 4 nitrogen and oxygen atoms in total. The molecule has 25 heavy (non-hydrogen) atoms. The second-order valence-electron chi connectivity index (χ2n) is 5.94. The summed E-state index contributed by atoms with van der Waals surface area (Å²) in [4.78, 5) is 14.8. The van der Waals surface area contributed by atoms with Gasteiger partial charge in [-0.25, -0.2) is 0 Å². The lowest BCUT2D eigenvalue weighted by Crippen LogP contribution is -2.21. The maximum absolute atomic E-state index is 12.8. The molecular formula is C19H17Cl2N3O. The molecule has 128 valence electrons. The number of nitrogens with zero attached hydrogens (tertiary/aromatic N) is 3. The zero-order valence-corrected chi connectivity index (χ0v) is 15.6. The Balaban J connectivity index is 1.90. The Morgan fingerprint density at radius 2 is 1.72 bits per heavy atom. The van der Waals surface area contributed by atoms with Gasteiger partial charge in [-0.2, -0.15) is 10.1 Å². The zero-order valence-electron chi connectivity index (χ0n) is 14.1. The molecule has 0 saturated heterocycles. The van der Waals surface area contributed by atoms with Crippen LogP contribution < -0.4 is 9.91 Å². The standard InChI is InChI=1S/C19H17Cl2N3O/c1-12-16(10-13-4-6-14(7-5-13)23(2)3)19(25)24(22-12)15-8-9-17(20)18(21)11-15/h4-11H,1-3H3/b16-10-. The van der Waals surface area contributed by atoms with E-state index in [-0.39, 0.29) is 5.91 Å². The molecule has 0 aliphatic carbocycles. The van der Waals surface area contributed by atoms with Crippen LogP contribution in [0.4, 0.5) is 11.4 Å². The van der Waals surface area contributed by atoms with E-state index in [1.165, 1.54) is 5.01 Å². The third-order valence-electron chi connectivity index (χ3n) is 3.93. The fourth-order valence-corrected chi connectivity index (χ4v) is 2.80. The van der Waals surface area contributed by atoms with Crippen molar-refractivity contribution in [3.63, 3.8) is 0 Å². The second-order valence-corrected chi connectivity index (χ2v) is 6.76. The summed E-state index contributed by atoms with van der Waals surface area (Å²) in [5.41, 5.74) is 3.85. The monoisotopic (exact) mass is 373 g/mol. The van der Waals surface area contributed by atoms with Gasteiger partial charge in [-0.15, -0.1) is 0 Å². The molecule has 1 heterocycles. The summed E-state index contributed by atoms with van der Waals surface area (Å²) in [6, 6.07) is 13.0. The molecule has 0 N–H and O–H groups in total. The Hall–Kier alpha value is -2.30. The van der Waals surface area contributed by atoms with E-state index in [9.17, 15) is 4.79 Å². The Labute approximate surface area is 157 Å². The van der Waals surface area contributed by atoms with Crippen LogP contribution in [0.25, 0.3) is 6.08 Å². The second kappa shape index (κ2) is 6.90. The highest BCUT2D eigenvalue weighted by atomic mass is 35.5. The molecule has 0 bridgehead atoms. The maximum Gasteiger partial charge on any atom is 0.280 e. The van der Waals surface area contributed by atoms with Crippen molar-refractivity contribution in [2.45, 2.75) is 6.92 Å². The molecule has 0 atom stereocenters. The number of hydrazone groups is 1. The Bertz CT molecular complexity index is 886. The van der Waals surface area contributed by atoms with Gasteiger partial charge in [0.25, 0.3) is 5.91 Å². The minimum absolute atomic E-state index is 0.187. The number of amides is 1. The van der Waals surface area contributed by atoms with Gasteiger partial charge in [0.2, 0.25) is 0 Å². The summed E-state index contributed by atoms with van der Waals surface area (Å²) in [7, 11) is 3.97. The van der Waals surface area contributed by atoms with Crippen molar-refractivity contribution in [3.8, 4) is 0 Å². The number of hydrogen-bond acceptors (Lipinski definition) is 3. The normalized spacial score (nSPS) is 15.7. The van der Waals surface area contributed by atoms with Crippen molar-refractivity contribution in [2.24, 2.45) is 5.10 Å². The summed E-state index contributed by atoms with van der Waals surface area (Å²) in [6.07, 6.45) is 1.85. The summed E-state index contributed by atoms with van der Waals surface area (Å²) >= 11 is 12.0. The topological polar surface area (TPSA) is 35.9 Å². The van der Waals surface area contributed by atoms with E-state index in [0.29, 0.717) is 27.0 Å². The highest BCUT2D eigenvalue weighted by Crippen LogP contribution is 2.31. The van der Waals surface area contributed by atoms with E-state index < -0.39 is 0 Å². The van der Waals surface area contributed by atoms with Crippen LogP contribution in [0.2, 0.25) is 10.0 Å². The fraction of sp³-hybridized carbons (Fsp3) is 0.158. The molecule has 3 rings (SSSR count). The average Bonchev–Trinajstić information content (AvgIpc) is 2.86. The lowest BCUT2D eigenvalue weighted by atomic mass is 10.1. The zero-order chi connectivity index (χ0) is 18.1. The van der Waals surface area contributed by atoms with Crippen molar-refractivity contribution in [1.82, 2.24) is 0 Å². The summed E-state index contributed by atoms with van der Waals surface area (Å²) in [5.74, 6) is -0.187. The molecule has 1 aliphatic heterocycles. The van der Waals surface area contributed by atoms with Crippen LogP contribution in [0.1, 0.15) is 12.5 Å². The van der Waals surface area contributed by atoms with Crippen LogP contribution in [-0.2, 0) is 4.79 Å². The molecule has 0 fully saturated rings. The molecular weight excluding hydrogens is 357 g/mol. The summed E-state index contributed by atoms with van der Waals surface area (Å²) < 4.78 is 0. The van der Waals surface area contributed by atoms with Crippen LogP contribution in [0, 0.1) is 0 Å². The molecule has 0 spiro atoms. The first-order chi connectivity index (χ1) is 11.9. The Morgan fingerprint density at radius 3 is 2.32 bits per heavy atom. The van der Waals surface area contributed by atoms with E-state index in [0.717, 1.165) is 11.3 Å². The minimum atomic E-state index is -0.187. The van der Waals surface area contributed by atoms with Crippen LogP contribution in [0.5, 0.6) is 0 Å². The first-order valence-electron chi connectivity index (χ1n) is 7.71. The van der Waals surface area contributed by atoms with Crippen LogP contribution in [-0.4, -0.2) is 25.7 Å². The van der Waals surface area contributed by atoms with Crippen LogP contribution in [0.3, 0.4) is 0 Å². The van der Waals surface area contributed by atoms with Crippen LogP contribution in [0.15, 0.2) is 53.1 Å². The van der Waals surface area contributed by atoms with Crippen LogP contribution >= 0.6 is 23.2 Å². The van der Waals surface area contributed by atoms with Crippen molar-refractivity contribution in [1.29, 1.82) is 0 Å². The van der Waals surface area contributed by atoms with Gasteiger partial charge >= 0.3 is 0 Å². The van der Waals surface area contributed by atoms with Crippen molar-refractivity contribution >= 4 is 52.3 Å². The largest absolute Gasteiger partial charge is 0.378 e. The first-order valence-corrected chi connectivity index (χ1v) is 8.46. The van der Waals surface area contributed by atoms with Gasteiger partial charge in [-0.1, -0.05) is 35.3 Å². The van der Waals surface area contributed by atoms with Crippen molar-refractivity contribution in [2.75, 3.05) is 24.0 Å². The predicted molar refractivity (Wildman–Crippen MR) is 106 cm³/mol. The predicted octanol–water partition coefficient (Wildman–Crippen LogP) is 4.87. The molecule has 2 aromatic carbocycles. The summed E-state index contributed by atoms with van der Waals surface area (Å²) in [5, 5.41) is 6.53. The molecule has 2 aromatic rings. The third kappa shape index (κ3) is 3.55. The van der Waals surface area contributed by atoms with Gasteiger partial charge in [0.15, 0.2) is 0 Å².